The molecule has 0 aliphatic rings. The van der Waals surface area contributed by atoms with Gasteiger partial charge in [0.1, 0.15) is 5.82 Å². The minimum absolute atomic E-state index is 0.257. The lowest BCUT2D eigenvalue weighted by Gasteiger charge is -2.24. The van der Waals surface area contributed by atoms with Crippen LogP contribution < -0.4 is 5.32 Å². The number of hydrogen-bond donors (Lipinski definition) is 1. The van der Waals surface area contributed by atoms with Crippen LogP contribution in [0.1, 0.15) is 32.3 Å². The Morgan fingerprint density at radius 3 is 2.60 bits per heavy atom. The summed E-state index contributed by atoms with van der Waals surface area (Å²) < 4.78 is 37.7. The van der Waals surface area contributed by atoms with Crippen molar-refractivity contribution in [2.45, 2.75) is 39.4 Å². The predicted octanol–water partition coefficient (Wildman–Crippen LogP) is 3.68. The minimum atomic E-state index is -4.17. The highest BCUT2D eigenvalue weighted by molar-refractivity contribution is 5.43. The van der Waals surface area contributed by atoms with Gasteiger partial charge in [-0.05, 0) is 25.5 Å². The zero-order valence-corrected chi connectivity index (χ0v) is 12.0. The zero-order valence-electron chi connectivity index (χ0n) is 12.0. The summed E-state index contributed by atoms with van der Waals surface area (Å²) in [7, 11) is 0. The second-order valence-electron chi connectivity index (χ2n) is 4.76. The third-order valence-electron chi connectivity index (χ3n) is 2.77. The average molecular weight is 289 g/mol. The first-order valence-corrected chi connectivity index (χ1v) is 6.93. The summed E-state index contributed by atoms with van der Waals surface area (Å²) in [6, 6.07) is 3.58. The van der Waals surface area contributed by atoms with Gasteiger partial charge in [-0.15, -0.1) is 0 Å². The maximum absolute atomic E-state index is 12.6. The summed E-state index contributed by atoms with van der Waals surface area (Å²) in [5.74, 6) is 0.678. The first-order chi connectivity index (χ1) is 9.46. The number of anilines is 1. The van der Waals surface area contributed by atoms with Crippen molar-refractivity contribution >= 4 is 5.82 Å². The number of hydrogen-bond acceptors (Lipinski definition) is 3. The molecule has 0 radical (unpaired) electrons. The number of nitrogens with one attached hydrogen (secondary N) is 1. The third-order valence-corrected chi connectivity index (χ3v) is 2.77. The molecule has 0 unspecified atom stereocenters. The molecule has 0 aliphatic heterocycles. The van der Waals surface area contributed by atoms with Gasteiger partial charge in [-0.1, -0.05) is 19.9 Å². The van der Waals surface area contributed by atoms with Crippen molar-refractivity contribution in [1.82, 2.24) is 9.88 Å². The van der Waals surface area contributed by atoms with Crippen LogP contribution in [0.15, 0.2) is 18.3 Å². The molecule has 0 fully saturated rings. The first-order valence-electron chi connectivity index (χ1n) is 6.93. The van der Waals surface area contributed by atoms with Crippen LogP contribution in [0.5, 0.6) is 0 Å². The number of aromatic nitrogens is 1. The molecule has 1 aromatic rings. The number of pyridine rings is 1. The molecule has 0 saturated heterocycles. The van der Waals surface area contributed by atoms with Crippen molar-refractivity contribution in [3.05, 3.63) is 23.9 Å². The molecule has 6 heteroatoms. The summed E-state index contributed by atoms with van der Waals surface area (Å²) >= 11 is 0. The van der Waals surface area contributed by atoms with Crippen molar-refractivity contribution in [1.29, 1.82) is 0 Å². The molecule has 0 saturated carbocycles. The molecule has 0 aromatic carbocycles. The van der Waals surface area contributed by atoms with E-state index in [0.717, 1.165) is 18.5 Å². The zero-order chi connectivity index (χ0) is 15.0. The molecule has 0 aliphatic carbocycles. The number of nitrogens with zero attached hydrogens (tertiary/aromatic N) is 2. The van der Waals surface area contributed by atoms with E-state index in [-0.39, 0.29) is 6.54 Å². The second kappa shape index (κ2) is 8.09. The van der Waals surface area contributed by atoms with Crippen LogP contribution in [0.3, 0.4) is 0 Å². The van der Waals surface area contributed by atoms with Gasteiger partial charge in [0.2, 0.25) is 0 Å². The van der Waals surface area contributed by atoms with Crippen molar-refractivity contribution < 1.29 is 13.2 Å². The highest BCUT2D eigenvalue weighted by Gasteiger charge is 2.30. The monoisotopic (exact) mass is 289 g/mol. The van der Waals surface area contributed by atoms with E-state index in [4.69, 9.17) is 0 Å². The van der Waals surface area contributed by atoms with Crippen LogP contribution in [0, 0.1) is 0 Å². The highest BCUT2D eigenvalue weighted by Crippen LogP contribution is 2.20. The van der Waals surface area contributed by atoms with Gasteiger partial charge in [0.15, 0.2) is 0 Å². The molecule has 3 nitrogen and oxygen atoms in total. The average Bonchev–Trinajstić information content (AvgIpc) is 2.36. The van der Waals surface area contributed by atoms with E-state index in [1.54, 1.807) is 12.3 Å². The normalized spacial score (nSPS) is 11.9. The van der Waals surface area contributed by atoms with Gasteiger partial charge in [-0.25, -0.2) is 4.98 Å². The number of halogens is 3. The van der Waals surface area contributed by atoms with E-state index in [2.05, 4.69) is 10.3 Å². The Balaban J connectivity index is 2.76. The maximum Gasteiger partial charge on any atom is 0.401 e. The summed E-state index contributed by atoms with van der Waals surface area (Å²) in [5.41, 5.74) is 0.804. The Morgan fingerprint density at radius 1 is 1.25 bits per heavy atom. The molecule has 0 spiro atoms. The molecular weight excluding hydrogens is 267 g/mol. The molecule has 1 aromatic heterocycles. The topological polar surface area (TPSA) is 28.2 Å². The third kappa shape index (κ3) is 6.23. The van der Waals surface area contributed by atoms with E-state index in [1.807, 2.05) is 19.9 Å². The van der Waals surface area contributed by atoms with Crippen molar-refractivity contribution in [2.75, 3.05) is 25.0 Å². The van der Waals surface area contributed by atoms with Crippen molar-refractivity contribution in [3.63, 3.8) is 0 Å². The summed E-state index contributed by atoms with van der Waals surface area (Å²) in [6.07, 6.45) is -0.894. The first kappa shape index (κ1) is 16.8. The quantitative estimate of drug-likeness (QED) is 0.791. The van der Waals surface area contributed by atoms with Crippen LogP contribution in [0.4, 0.5) is 19.0 Å². The fourth-order valence-electron chi connectivity index (χ4n) is 1.99. The Morgan fingerprint density at radius 2 is 2.00 bits per heavy atom. The molecule has 1 rings (SSSR count). The molecule has 20 heavy (non-hydrogen) atoms. The van der Waals surface area contributed by atoms with Gasteiger partial charge in [0, 0.05) is 24.8 Å². The maximum atomic E-state index is 12.6. The summed E-state index contributed by atoms with van der Waals surface area (Å²) in [4.78, 5) is 5.62. The van der Waals surface area contributed by atoms with Gasteiger partial charge in [0.25, 0.3) is 0 Å². The second-order valence-corrected chi connectivity index (χ2v) is 4.76. The lowest BCUT2D eigenvalue weighted by molar-refractivity contribution is -0.147. The molecule has 0 amide bonds. The molecule has 1 N–H and O–H groups in total. The molecule has 1 heterocycles. The van der Waals surface area contributed by atoms with Gasteiger partial charge in [0.05, 0.1) is 6.54 Å². The molecule has 0 atom stereocenters. The van der Waals surface area contributed by atoms with Crippen LogP contribution in [0.2, 0.25) is 0 Å². The largest absolute Gasteiger partial charge is 0.401 e. The standard InChI is InChI=1S/C14H22F3N3/c1-3-7-18-13-12(6-5-8-19-13)10-20(9-4-2)11-14(15,16)17/h5-6,8H,3-4,7,9-11H2,1-2H3,(H,18,19). The smallest absolute Gasteiger partial charge is 0.370 e. The summed E-state index contributed by atoms with van der Waals surface area (Å²) in [5, 5.41) is 3.15. The van der Waals surface area contributed by atoms with Crippen molar-refractivity contribution in [2.24, 2.45) is 0 Å². The van der Waals surface area contributed by atoms with Crippen LogP contribution in [-0.2, 0) is 6.54 Å². The number of rotatable bonds is 8. The molecule has 114 valence electrons. The van der Waals surface area contributed by atoms with Crippen molar-refractivity contribution in [3.8, 4) is 0 Å². The van der Waals surface area contributed by atoms with E-state index in [1.165, 1.54) is 4.90 Å². The Labute approximate surface area is 118 Å². The Kier molecular flexibility index (Phi) is 6.78. The minimum Gasteiger partial charge on any atom is -0.370 e. The molecule has 0 bridgehead atoms. The lowest BCUT2D eigenvalue weighted by atomic mass is 10.2. The van der Waals surface area contributed by atoms with Gasteiger partial charge < -0.3 is 5.32 Å². The number of alkyl halides is 3. The SMILES string of the molecule is CCCNc1ncccc1CN(CCC)CC(F)(F)F. The van der Waals surface area contributed by atoms with E-state index in [0.29, 0.717) is 18.8 Å². The van der Waals surface area contributed by atoms with E-state index in [9.17, 15) is 13.2 Å². The van der Waals surface area contributed by atoms with Gasteiger partial charge in [-0.2, -0.15) is 13.2 Å². The van der Waals surface area contributed by atoms with Crippen LogP contribution >= 0.6 is 0 Å². The highest BCUT2D eigenvalue weighted by atomic mass is 19.4. The van der Waals surface area contributed by atoms with Crippen LogP contribution in [0.25, 0.3) is 0 Å². The lowest BCUT2D eigenvalue weighted by Crippen LogP contribution is -2.34. The Hall–Kier alpha value is -1.30. The Bertz CT molecular complexity index is 393. The fraction of sp³-hybridized carbons (Fsp3) is 0.643. The van der Waals surface area contributed by atoms with Crippen LogP contribution in [-0.4, -0.2) is 35.7 Å². The predicted molar refractivity (Wildman–Crippen MR) is 74.6 cm³/mol. The van der Waals surface area contributed by atoms with E-state index < -0.39 is 12.7 Å². The molecular formula is C14H22F3N3. The summed E-state index contributed by atoms with van der Waals surface area (Å²) in [6.45, 7) is 4.46. The van der Waals surface area contributed by atoms with Gasteiger partial charge >= 0.3 is 6.18 Å². The fourth-order valence-corrected chi connectivity index (χ4v) is 1.99. The van der Waals surface area contributed by atoms with Gasteiger partial charge in [-0.3, -0.25) is 4.90 Å². The van der Waals surface area contributed by atoms with E-state index >= 15 is 0 Å².